The smallest absolute Gasteiger partial charge is 0.176 e. The summed E-state index contributed by atoms with van der Waals surface area (Å²) < 4.78 is 13.5. The van der Waals surface area contributed by atoms with Crippen LogP contribution in [0.1, 0.15) is 15.9 Å². The molecule has 0 heterocycles. The predicted octanol–water partition coefficient (Wildman–Crippen LogP) is 3.79. The number of halogens is 2. The minimum absolute atomic E-state index is 0.0134. The van der Waals surface area contributed by atoms with Gasteiger partial charge in [0.15, 0.2) is 5.78 Å². The van der Waals surface area contributed by atoms with Crippen LogP contribution in [-0.2, 0) is 6.54 Å². The van der Waals surface area contributed by atoms with Crippen molar-refractivity contribution < 1.29 is 9.18 Å². The number of hydrogen-bond acceptors (Lipinski definition) is 2. The molecule has 2 aromatic carbocycles. The minimum Gasteiger partial charge on any atom is -0.294 e. The van der Waals surface area contributed by atoms with Crippen molar-refractivity contribution in [3.8, 4) is 0 Å². The summed E-state index contributed by atoms with van der Waals surface area (Å²) in [4.78, 5) is 13.9. The first-order valence-electron chi connectivity index (χ1n) is 6.27. The van der Waals surface area contributed by atoms with Crippen molar-refractivity contribution in [1.82, 2.24) is 4.90 Å². The van der Waals surface area contributed by atoms with Gasteiger partial charge in [0.1, 0.15) is 5.82 Å². The zero-order chi connectivity index (χ0) is 14.5. The average molecular weight is 292 g/mol. The van der Waals surface area contributed by atoms with Crippen molar-refractivity contribution in [2.45, 2.75) is 6.54 Å². The highest BCUT2D eigenvalue weighted by atomic mass is 35.5. The normalized spacial score (nSPS) is 10.8. The highest BCUT2D eigenvalue weighted by molar-refractivity contribution is 6.30. The molecular weight excluding hydrogens is 277 g/mol. The van der Waals surface area contributed by atoms with Crippen LogP contribution in [0.4, 0.5) is 4.39 Å². The van der Waals surface area contributed by atoms with Crippen molar-refractivity contribution >= 4 is 17.4 Å². The van der Waals surface area contributed by atoms with Crippen molar-refractivity contribution in [2.24, 2.45) is 0 Å². The first-order valence-corrected chi connectivity index (χ1v) is 6.65. The predicted molar refractivity (Wildman–Crippen MR) is 78.5 cm³/mol. The largest absolute Gasteiger partial charge is 0.294 e. The van der Waals surface area contributed by atoms with Crippen LogP contribution in [0.15, 0.2) is 48.5 Å². The van der Waals surface area contributed by atoms with Crippen LogP contribution in [0.5, 0.6) is 0 Å². The van der Waals surface area contributed by atoms with Gasteiger partial charge in [-0.25, -0.2) is 4.39 Å². The third kappa shape index (κ3) is 3.89. The Hall–Kier alpha value is -1.71. The van der Waals surface area contributed by atoms with Gasteiger partial charge in [-0.1, -0.05) is 29.8 Å². The van der Waals surface area contributed by atoms with Gasteiger partial charge in [0, 0.05) is 22.7 Å². The Labute approximate surface area is 122 Å². The van der Waals surface area contributed by atoms with Crippen molar-refractivity contribution in [1.29, 1.82) is 0 Å². The van der Waals surface area contributed by atoms with Crippen LogP contribution in [0, 0.1) is 5.82 Å². The second kappa shape index (κ2) is 6.64. The number of likely N-dealkylation sites (N-methyl/N-ethyl adjacent to an activating group) is 1. The van der Waals surface area contributed by atoms with E-state index in [9.17, 15) is 9.18 Å². The molecule has 0 spiro atoms. The van der Waals surface area contributed by atoms with E-state index in [-0.39, 0.29) is 18.1 Å². The number of hydrogen-bond donors (Lipinski definition) is 0. The molecule has 4 heteroatoms. The van der Waals surface area contributed by atoms with Crippen LogP contribution in [-0.4, -0.2) is 24.3 Å². The molecule has 104 valence electrons. The van der Waals surface area contributed by atoms with E-state index in [1.165, 1.54) is 6.07 Å². The molecule has 2 rings (SSSR count). The van der Waals surface area contributed by atoms with Gasteiger partial charge in [-0.3, -0.25) is 9.69 Å². The molecule has 2 aromatic rings. The number of carbonyl (C=O) groups is 1. The van der Waals surface area contributed by atoms with E-state index in [0.29, 0.717) is 22.7 Å². The Morgan fingerprint density at radius 1 is 1.15 bits per heavy atom. The molecule has 0 atom stereocenters. The molecule has 0 saturated heterocycles. The summed E-state index contributed by atoms with van der Waals surface area (Å²) in [6.07, 6.45) is 0. The van der Waals surface area contributed by atoms with Crippen LogP contribution in [0.3, 0.4) is 0 Å². The van der Waals surface area contributed by atoms with Crippen LogP contribution in [0.25, 0.3) is 0 Å². The Morgan fingerprint density at radius 3 is 2.45 bits per heavy atom. The molecule has 0 bridgehead atoms. The van der Waals surface area contributed by atoms with Crippen LogP contribution in [0.2, 0.25) is 5.02 Å². The quantitative estimate of drug-likeness (QED) is 0.781. The summed E-state index contributed by atoms with van der Waals surface area (Å²) in [5.41, 5.74) is 1.19. The van der Waals surface area contributed by atoms with Crippen molar-refractivity contribution in [3.05, 3.63) is 70.5 Å². The molecule has 0 aliphatic heterocycles. The first kappa shape index (κ1) is 14.7. The molecule has 0 aliphatic carbocycles. The Morgan fingerprint density at radius 2 is 1.80 bits per heavy atom. The molecular formula is C16H15ClFNO. The molecule has 2 nitrogen and oxygen atoms in total. The van der Waals surface area contributed by atoms with Crippen molar-refractivity contribution in [3.63, 3.8) is 0 Å². The second-order valence-electron chi connectivity index (χ2n) is 4.69. The number of ketones is 1. The Bertz CT molecular complexity index is 598. The summed E-state index contributed by atoms with van der Waals surface area (Å²) in [6.45, 7) is 0.627. The SMILES string of the molecule is CN(CC(=O)c1ccc(Cl)cc1)Cc1ccccc1F. The maximum atomic E-state index is 13.5. The Kier molecular flexibility index (Phi) is 4.88. The summed E-state index contributed by atoms with van der Waals surface area (Å²) in [6, 6.07) is 13.3. The Balaban J connectivity index is 1.98. The molecule has 0 aliphatic rings. The van der Waals surface area contributed by atoms with Crippen LogP contribution < -0.4 is 0 Å². The van der Waals surface area contributed by atoms with Gasteiger partial charge in [0.2, 0.25) is 0 Å². The summed E-state index contributed by atoms with van der Waals surface area (Å²) in [5, 5.41) is 0.598. The fourth-order valence-electron chi connectivity index (χ4n) is 1.95. The number of carbonyl (C=O) groups excluding carboxylic acids is 1. The van der Waals surface area contributed by atoms with Gasteiger partial charge in [-0.2, -0.15) is 0 Å². The van der Waals surface area contributed by atoms with Gasteiger partial charge in [0.25, 0.3) is 0 Å². The second-order valence-corrected chi connectivity index (χ2v) is 5.13. The lowest BCUT2D eigenvalue weighted by molar-refractivity contribution is 0.0942. The average Bonchev–Trinajstić information content (AvgIpc) is 2.42. The first-order chi connectivity index (χ1) is 9.56. The fourth-order valence-corrected chi connectivity index (χ4v) is 2.07. The third-order valence-electron chi connectivity index (χ3n) is 2.98. The van der Waals surface area contributed by atoms with E-state index < -0.39 is 0 Å². The van der Waals surface area contributed by atoms with E-state index >= 15 is 0 Å². The van der Waals surface area contributed by atoms with E-state index in [2.05, 4.69) is 0 Å². The maximum absolute atomic E-state index is 13.5. The highest BCUT2D eigenvalue weighted by Gasteiger charge is 2.11. The van der Waals surface area contributed by atoms with Gasteiger partial charge < -0.3 is 0 Å². The van der Waals surface area contributed by atoms with E-state index in [0.717, 1.165) is 0 Å². The molecule has 0 unspecified atom stereocenters. The summed E-state index contributed by atoms with van der Waals surface area (Å²) >= 11 is 5.78. The molecule has 0 saturated carbocycles. The minimum atomic E-state index is -0.252. The van der Waals surface area contributed by atoms with E-state index in [1.807, 2.05) is 0 Å². The molecule has 0 amide bonds. The lowest BCUT2D eigenvalue weighted by atomic mass is 10.1. The molecule has 0 aromatic heterocycles. The molecule has 0 radical (unpaired) electrons. The number of nitrogens with zero attached hydrogens (tertiary/aromatic N) is 1. The maximum Gasteiger partial charge on any atom is 0.176 e. The summed E-state index contributed by atoms with van der Waals surface area (Å²) in [5.74, 6) is -0.265. The van der Waals surface area contributed by atoms with E-state index in [1.54, 1.807) is 54.4 Å². The van der Waals surface area contributed by atoms with Crippen molar-refractivity contribution in [2.75, 3.05) is 13.6 Å². The van der Waals surface area contributed by atoms with Gasteiger partial charge >= 0.3 is 0 Å². The number of rotatable bonds is 5. The fraction of sp³-hybridized carbons (Fsp3) is 0.188. The zero-order valence-electron chi connectivity index (χ0n) is 11.1. The standard InChI is InChI=1S/C16H15ClFNO/c1-19(10-13-4-2-3-5-15(13)18)11-16(20)12-6-8-14(17)9-7-12/h2-9H,10-11H2,1H3. The van der Waals surface area contributed by atoms with E-state index in [4.69, 9.17) is 11.6 Å². The molecule has 0 fully saturated rings. The third-order valence-corrected chi connectivity index (χ3v) is 3.23. The number of Topliss-reactive ketones (excluding diaryl/α,β-unsaturated/α-hetero) is 1. The monoisotopic (exact) mass is 291 g/mol. The van der Waals surface area contributed by atoms with Gasteiger partial charge in [-0.05, 0) is 37.4 Å². The summed E-state index contributed by atoms with van der Waals surface area (Å²) in [7, 11) is 1.79. The van der Waals surface area contributed by atoms with Crippen LogP contribution >= 0.6 is 11.6 Å². The number of benzene rings is 2. The highest BCUT2D eigenvalue weighted by Crippen LogP contribution is 2.12. The lowest BCUT2D eigenvalue weighted by Gasteiger charge is -2.16. The zero-order valence-corrected chi connectivity index (χ0v) is 11.9. The topological polar surface area (TPSA) is 20.3 Å². The lowest BCUT2D eigenvalue weighted by Crippen LogP contribution is -2.26. The molecule has 20 heavy (non-hydrogen) atoms. The van der Waals surface area contributed by atoms with Gasteiger partial charge in [-0.15, -0.1) is 0 Å². The molecule has 0 N–H and O–H groups in total. The van der Waals surface area contributed by atoms with Gasteiger partial charge in [0.05, 0.1) is 6.54 Å².